The van der Waals surface area contributed by atoms with E-state index in [9.17, 15) is 18.7 Å². The van der Waals surface area contributed by atoms with Crippen LogP contribution < -0.4 is 10.9 Å². The van der Waals surface area contributed by atoms with E-state index in [4.69, 9.17) is 16.3 Å². The van der Waals surface area contributed by atoms with Gasteiger partial charge in [0.25, 0.3) is 5.56 Å². The summed E-state index contributed by atoms with van der Waals surface area (Å²) in [7, 11) is 0. The van der Waals surface area contributed by atoms with Crippen molar-refractivity contribution in [3.8, 4) is 11.3 Å². The molecule has 1 aliphatic rings. The minimum atomic E-state index is -1.16. The van der Waals surface area contributed by atoms with Gasteiger partial charge in [0.05, 0.1) is 36.0 Å². The SMILES string of the molecule is O=c1cc(-c2ccnc(N[C@@H]3CCOC[C@@H]3F)n2)ccn1[C@H](CO)c1ccc(Cl)c(F)c1. The van der Waals surface area contributed by atoms with Crippen LogP contribution in [0, 0.1) is 5.82 Å². The summed E-state index contributed by atoms with van der Waals surface area (Å²) in [5, 5.41) is 12.8. The van der Waals surface area contributed by atoms with Crippen molar-refractivity contribution < 1.29 is 18.6 Å². The molecule has 10 heteroatoms. The molecule has 1 fully saturated rings. The van der Waals surface area contributed by atoms with Crippen LogP contribution >= 0.6 is 11.6 Å². The number of halogens is 3. The third-order valence-electron chi connectivity index (χ3n) is 5.34. The number of benzene rings is 1. The zero-order valence-corrected chi connectivity index (χ0v) is 17.7. The van der Waals surface area contributed by atoms with Gasteiger partial charge in [-0.15, -0.1) is 0 Å². The molecule has 168 valence electrons. The van der Waals surface area contributed by atoms with Gasteiger partial charge in [0.2, 0.25) is 5.95 Å². The molecule has 3 aromatic rings. The average Bonchev–Trinajstić information content (AvgIpc) is 2.79. The van der Waals surface area contributed by atoms with Crippen molar-refractivity contribution in [3.63, 3.8) is 0 Å². The molecular formula is C22H21ClF2N4O3. The van der Waals surface area contributed by atoms with Gasteiger partial charge in [-0.3, -0.25) is 4.79 Å². The second kappa shape index (κ2) is 9.72. The molecule has 0 aliphatic carbocycles. The lowest BCUT2D eigenvalue weighted by Crippen LogP contribution is -2.39. The van der Waals surface area contributed by atoms with Gasteiger partial charge in [0, 0.05) is 30.6 Å². The number of alkyl halides is 1. The fraction of sp³-hybridized carbons (Fsp3) is 0.318. The summed E-state index contributed by atoms with van der Waals surface area (Å²) >= 11 is 5.73. The highest BCUT2D eigenvalue weighted by molar-refractivity contribution is 6.30. The van der Waals surface area contributed by atoms with Crippen molar-refractivity contribution in [1.82, 2.24) is 14.5 Å². The van der Waals surface area contributed by atoms with E-state index in [1.807, 2.05) is 0 Å². The summed E-state index contributed by atoms with van der Waals surface area (Å²) in [5.74, 6) is -0.376. The van der Waals surface area contributed by atoms with Crippen molar-refractivity contribution in [3.05, 3.63) is 75.5 Å². The van der Waals surface area contributed by atoms with Crippen molar-refractivity contribution in [1.29, 1.82) is 0 Å². The number of pyridine rings is 1. The number of ether oxygens (including phenoxy) is 1. The number of nitrogens with one attached hydrogen (secondary N) is 1. The van der Waals surface area contributed by atoms with Crippen molar-refractivity contribution in [2.24, 2.45) is 0 Å². The van der Waals surface area contributed by atoms with Crippen LogP contribution in [-0.2, 0) is 4.74 Å². The van der Waals surface area contributed by atoms with Crippen LogP contribution in [0.15, 0.2) is 53.6 Å². The van der Waals surface area contributed by atoms with Crippen LogP contribution in [0.4, 0.5) is 14.7 Å². The lowest BCUT2D eigenvalue weighted by Gasteiger charge is -2.26. The molecule has 2 N–H and O–H groups in total. The van der Waals surface area contributed by atoms with E-state index in [2.05, 4.69) is 15.3 Å². The molecule has 0 unspecified atom stereocenters. The highest BCUT2D eigenvalue weighted by atomic mass is 35.5. The molecule has 2 aromatic heterocycles. The number of nitrogens with zero attached hydrogens (tertiary/aromatic N) is 3. The molecular weight excluding hydrogens is 442 g/mol. The Bertz CT molecular complexity index is 1160. The molecule has 0 saturated carbocycles. The monoisotopic (exact) mass is 462 g/mol. The largest absolute Gasteiger partial charge is 0.394 e. The van der Waals surface area contributed by atoms with Crippen molar-refractivity contribution >= 4 is 17.5 Å². The minimum absolute atomic E-state index is 0.0269. The maximum Gasteiger partial charge on any atom is 0.251 e. The molecule has 1 aromatic carbocycles. The Kier molecular flexibility index (Phi) is 6.78. The molecule has 1 aliphatic heterocycles. The van der Waals surface area contributed by atoms with Gasteiger partial charge in [0.1, 0.15) is 12.0 Å². The highest BCUT2D eigenvalue weighted by Gasteiger charge is 2.26. The van der Waals surface area contributed by atoms with E-state index in [1.165, 1.54) is 35.2 Å². The predicted molar refractivity (Wildman–Crippen MR) is 116 cm³/mol. The van der Waals surface area contributed by atoms with Gasteiger partial charge in [-0.2, -0.15) is 0 Å². The molecule has 4 rings (SSSR count). The fourth-order valence-electron chi connectivity index (χ4n) is 3.60. The molecule has 1 saturated heterocycles. The number of aromatic nitrogens is 3. The Morgan fingerprint density at radius 3 is 2.88 bits per heavy atom. The van der Waals surface area contributed by atoms with Crippen LogP contribution in [0.5, 0.6) is 0 Å². The first-order valence-electron chi connectivity index (χ1n) is 10.1. The third kappa shape index (κ3) is 4.79. The van der Waals surface area contributed by atoms with Gasteiger partial charge in [0.15, 0.2) is 0 Å². The van der Waals surface area contributed by atoms with E-state index in [0.29, 0.717) is 29.8 Å². The Balaban J connectivity index is 1.59. The summed E-state index contributed by atoms with van der Waals surface area (Å²) in [6.45, 7) is 0.0794. The molecule has 0 radical (unpaired) electrons. The number of rotatable bonds is 6. The number of anilines is 1. The maximum absolute atomic E-state index is 14.0. The minimum Gasteiger partial charge on any atom is -0.394 e. The third-order valence-corrected chi connectivity index (χ3v) is 5.64. The second-order valence-electron chi connectivity index (χ2n) is 7.43. The van der Waals surface area contributed by atoms with Crippen LogP contribution in [0.2, 0.25) is 5.02 Å². The van der Waals surface area contributed by atoms with E-state index in [0.717, 1.165) is 0 Å². The van der Waals surface area contributed by atoms with Gasteiger partial charge < -0.3 is 19.7 Å². The Hall–Kier alpha value is -2.88. The smallest absolute Gasteiger partial charge is 0.251 e. The van der Waals surface area contributed by atoms with E-state index < -0.39 is 36.2 Å². The normalized spacial score (nSPS) is 19.5. The van der Waals surface area contributed by atoms with Crippen LogP contribution in [-0.4, -0.2) is 51.7 Å². The fourth-order valence-corrected chi connectivity index (χ4v) is 3.72. The zero-order chi connectivity index (χ0) is 22.7. The summed E-state index contributed by atoms with van der Waals surface area (Å²) in [5.41, 5.74) is 1.01. The number of aliphatic hydroxyl groups excluding tert-OH is 1. The van der Waals surface area contributed by atoms with Gasteiger partial charge in [-0.1, -0.05) is 17.7 Å². The molecule has 0 amide bonds. The molecule has 7 nitrogen and oxygen atoms in total. The van der Waals surface area contributed by atoms with Crippen LogP contribution in [0.1, 0.15) is 18.0 Å². The number of aliphatic hydroxyl groups is 1. The lowest BCUT2D eigenvalue weighted by molar-refractivity contribution is 0.0284. The van der Waals surface area contributed by atoms with Crippen molar-refractivity contribution in [2.45, 2.75) is 24.7 Å². The summed E-state index contributed by atoms with van der Waals surface area (Å²) < 4.78 is 34.3. The zero-order valence-electron chi connectivity index (χ0n) is 16.9. The number of hydrogen-bond donors (Lipinski definition) is 2. The van der Waals surface area contributed by atoms with Gasteiger partial charge in [-0.25, -0.2) is 18.7 Å². The van der Waals surface area contributed by atoms with Gasteiger partial charge in [-0.05, 0) is 36.2 Å². The first kappa shape index (κ1) is 22.3. The van der Waals surface area contributed by atoms with Gasteiger partial charge >= 0.3 is 0 Å². The Morgan fingerprint density at radius 1 is 1.31 bits per heavy atom. The summed E-state index contributed by atoms with van der Waals surface area (Å²) in [6, 6.07) is 7.58. The first-order valence-corrected chi connectivity index (χ1v) is 10.4. The molecule has 3 heterocycles. The average molecular weight is 463 g/mol. The molecule has 0 spiro atoms. The highest BCUT2D eigenvalue weighted by Crippen LogP contribution is 2.24. The van der Waals surface area contributed by atoms with E-state index in [1.54, 1.807) is 18.2 Å². The first-order chi connectivity index (χ1) is 15.5. The summed E-state index contributed by atoms with van der Waals surface area (Å²) in [4.78, 5) is 21.3. The number of hydrogen-bond acceptors (Lipinski definition) is 6. The second-order valence-corrected chi connectivity index (χ2v) is 7.84. The topological polar surface area (TPSA) is 89.3 Å². The Morgan fingerprint density at radius 2 is 2.16 bits per heavy atom. The van der Waals surface area contributed by atoms with Crippen LogP contribution in [0.3, 0.4) is 0 Å². The molecule has 3 atom stereocenters. The predicted octanol–water partition coefficient (Wildman–Crippen LogP) is 3.22. The molecule has 0 bridgehead atoms. The lowest BCUT2D eigenvalue weighted by atomic mass is 10.1. The molecule has 32 heavy (non-hydrogen) atoms. The van der Waals surface area contributed by atoms with Crippen molar-refractivity contribution in [2.75, 3.05) is 25.1 Å². The summed E-state index contributed by atoms with van der Waals surface area (Å²) in [6.07, 6.45) is 2.37. The van der Waals surface area contributed by atoms with E-state index >= 15 is 0 Å². The van der Waals surface area contributed by atoms with E-state index in [-0.39, 0.29) is 17.6 Å². The maximum atomic E-state index is 14.0. The van der Waals surface area contributed by atoms with Crippen LogP contribution in [0.25, 0.3) is 11.3 Å². The Labute approximate surface area is 187 Å². The quantitative estimate of drug-likeness (QED) is 0.584. The standard InChI is InChI=1S/C22H21ClF2N4O3/c23-15-2-1-14(9-16(15)24)20(11-30)29-7-4-13(10-21(29)31)18-3-6-26-22(27-18)28-19-5-8-32-12-17(19)25/h1-4,6-7,9-10,17,19-20,30H,5,8,11-12H2,(H,26,27,28)/t17-,19+,20+/m0/s1.